The van der Waals surface area contributed by atoms with E-state index >= 15 is 0 Å². The summed E-state index contributed by atoms with van der Waals surface area (Å²) in [4.78, 5) is 0. The number of methoxy groups -OCH3 is 2. The molecule has 0 spiro atoms. The molecule has 0 heterocycles. The average molecular weight is 224 g/mol. The molecule has 1 rings (SSSR count). The predicted molar refractivity (Wildman–Crippen MR) is 64.2 cm³/mol. The van der Waals surface area contributed by atoms with Gasteiger partial charge in [-0.25, -0.2) is 0 Å². The molecule has 1 N–H and O–H groups in total. The minimum absolute atomic E-state index is 0.139. The SMILES string of the molecule is COc1ccc(C(CO)C(C)C)cc1OC. The van der Waals surface area contributed by atoms with Crippen LogP contribution in [0.5, 0.6) is 11.5 Å². The van der Waals surface area contributed by atoms with Gasteiger partial charge in [0.15, 0.2) is 11.5 Å². The lowest BCUT2D eigenvalue weighted by Gasteiger charge is -2.20. The van der Waals surface area contributed by atoms with Crippen LogP contribution < -0.4 is 9.47 Å². The second-order valence-corrected chi connectivity index (χ2v) is 4.15. The van der Waals surface area contributed by atoms with E-state index in [1.165, 1.54) is 0 Å². The normalized spacial score (nSPS) is 12.6. The molecule has 16 heavy (non-hydrogen) atoms. The standard InChI is InChI=1S/C13H20O3/c1-9(2)11(8-14)10-5-6-12(15-3)13(7-10)16-4/h5-7,9,11,14H,8H2,1-4H3. The van der Waals surface area contributed by atoms with Crippen molar-refractivity contribution < 1.29 is 14.6 Å². The monoisotopic (exact) mass is 224 g/mol. The molecule has 0 aromatic heterocycles. The van der Waals surface area contributed by atoms with E-state index in [4.69, 9.17) is 9.47 Å². The van der Waals surface area contributed by atoms with Crippen molar-refractivity contribution >= 4 is 0 Å². The smallest absolute Gasteiger partial charge is 0.160 e. The summed E-state index contributed by atoms with van der Waals surface area (Å²) < 4.78 is 10.4. The number of aliphatic hydroxyl groups excluding tert-OH is 1. The maximum Gasteiger partial charge on any atom is 0.160 e. The fourth-order valence-corrected chi connectivity index (χ4v) is 1.78. The van der Waals surface area contributed by atoms with Crippen LogP contribution in [0.3, 0.4) is 0 Å². The topological polar surface area (TPSA) is 38.7 Å². The molecular weight excluding hydrogens is 204 g/mol. The van der Waals surface area contributed by atoms with E-state index in [-0.39, 0.29) is 12.5 Å². The molecule has 0 fully saturated rings. The van der Waals surface area contributed by atoms with Gasteiger partial charge in [-0.05, 0) is 23.6 Å². The van der Waals surface area contributed by atoms with E-state index in [9.17, 15) is 5.11 Å². The number of ether oxygens (including phenoxy) is 2. The highest BCUT2D eigenvalue weighted by Gasteiger charge is 2.16. The van der Waals surface area contributed by atoms with Crippen molar-refractivity contribution in [1.29, 1.82) is 0 Å². The largest absolute Gasteiger partial charge is 0.493 e. The zero-order valence-electron chi connectivity index (χ0n) is 10.4. The maximum atomic E-state index is 9.37. The Morgan fingerprint density at radius 3 is 2.19 bits per heavy atom. The molecule has 3 heteroatoms. The first-order valence-electron chi connectivity index (χ1n) is 5.46. The summed E-state index contributed by atoms with van der Waals surface area (Å²) in [7, 11) is 3.23. The van der Waals surface area contributed by atoms with E-state index < -0.39 is 0 Å². The molecule has 0 bridgehead atoms. The van der Waals surface area contributed by atoms with Crippen LogP contribution in [0, 0.1) is 5.92 Å². The average Bonchev–Trinajstić information content (AvgIpc) is 2.29. The van der Waals surface area contributed by atoms with E-state index in [0.29, 0.717) is 17.4 Å². The van der Waals surface area contributed by atoms with E-state index in [1.54, 1.807) is 14.2 Å². The molecule has 0 aliphatic carbocycles. The molecular formula is C13H20O3. The fraction of sp³-hybridized carbons (Fsp3) is 0.538. The van der Waals surface area contributed by atoms with Crippen molar-refractivity contribution in [3.05, 3.63) is 23.8 Å². The van der Waals surface area contributed by atoms with Crippen molar-refractivity contribution in [2.45, 2.75) is 19.8 Å². The van der Waals surface area contributed by atoms with Crippen LogP contribution >= 0.6 is 0 Å². The molecule has 1 unspecified atom stereocenters. The highest BCUT2D eigenvalue weighted by Crippen LogP contribution is 2.32. The van der Waals surface area contributed by atoms with E-state index in [1.807, 2.05) is 18.2 Å². The third-order valence-electron chi connectivity index (χ3n) is 2.84. The lowest BCUT2D eigenvalue weighted by atomic mass is 9.89. The first kappa shape index (κ1) is 12.8. The minimum atomic E-state index is 0.139. The summed E-state index contributed by atoms with van der Waals surface area (Å²) in [6.07, 6.45) is 0. The van der Waals surface area contributed by atoms with Crippen LogP contribution in [0.1, 0.15) is 25.3 Å². The van der Waals surface area contributed by atoms with Crippen molar-refractivity contribution in [1.82, 2.24) is 0 Å². The van der Waals surface area contributed by atoms with Gasteiger partial charge in [-0.2, -0.15) is 0 Å². The quantitative estimate of drug-likeness (QED) is 0.835. The van der Waals surface area contributed by atoms with Crippen LogP contribution in [0.4, 0.5) is 0 Å². The number of benzene rings is 1. The Bertz CT molecular complexity index is 334. The van der Waals surface area contributed by atoms with Crippen molar-refractivity contribution in [2.24, 2.45) is 5.92 Å². The summed E-state index contributed by atoms with van der Waals surface area (Å²) in [5, 5.41) is 9.37. The predicted octanol–water partition coefficient (Wildman–Crippen LogP) is 2.44. The minimum Gasteiger partial charge on any atom is -0.493 e. The molecule has 1 atom stereocenters. The molecule has 3 nitrogen and oxygen atoms in total. The molecule has 1 aromatic carbocycles. The molecule has 0 aliphatic rings. The number of rotatable bonds is 5. The Hall–Kier alpha value is -1.22. The van der Waals surface area contributed by atoms with Crippen LogP contribution in [0.25, 0.3) is 0 Å². The molecule has 0 saturated carbocycles. The molecule has 0 saturated heterocycles. The molecule has 0 radical (unpaired) electrons. The second kappa shape index (κ2) is 5.75. The third-order valence-corrected chi connectivity index (χ3v) is 2.84. The van der Waals surface area contributed by atoms with Crippen LogP contribution in [-0.4, -0.2) is 25.9 Å². The number of hydrogen-bond acceptors (Lipinski definition) is 3. The summed E-state index contributed by atoms with van der Waals surface area (Å²) in [6.45, 7) is 4.34. The van der Waals surface area contributed by atoms with E-state index in [2.05, 4.69) is 13.8 Å². The van der Waals surface area contributed by atoms with E-state index in [0.717, 1.165) is 5.56 Å². The Morgan fingerprint density at radius 1 is 1.12 bits per heavy atom. The first-order chi connectivity index (χ1) is 7.63. The van der Waals surface area contributed by atoms with Crippen LogP contribution in [-0.2, 0) is 0 Å². The van der Waals surface area contributed by atoms with Crippen LogP contribution in [0.15, 0.2) is 18.2 Å². The molecule has 1 aromatic rings. The Labute approximate surface area is 97.0 Å². The van der Waals surface area contributed by atoms with Gasteiger partial charge in [-0.3, -0.25) is 0 Å². The van der Waals surface area contributed by atoms with Gasteiger partial charge in [0.1, 0.15) is 0 Å². The maximum absolute atomic E-state index is 9.37. The van der Waals surface area contributed by atoms with Crippen molar-refractivity contribution in [3.8, 4) is 11.5 Å². The van der Waals surface area contributed by atoms with Gasteiger partial charge >= 0.3 is 0 Å². The van der Waals surface area contributed by atoms with Gasteiger partial charge < -0.3 is 14.6 Å². The van der Waals surface area contributed by atoms with Crippen molar-refractivity contribution in [2.75, 3.05) is 20.8 Å². The Kier molecular flexibility index (Phi) is 4.62. The first-order valence-corrected chi connectivity index (χ1v) is 5.46. The van der Waals surface area contributed by atoms with Gasteiger partial charge in [-0.1, -0.05) is 19.9 Å². The lowest BCUT2D eigenvalue weighted by molar-refractivity contribution is 0.237. The van der Waals surface area contributed by atoms with Gasteiger partial charge in [0.2, 0.25) is 0 Å². The lowest BCUT2D eigenvalue weighted by Crippen LogP contribution is -2.11. The summed E-state index contributed by atoms with van der Waals surface area (Å²) in [6, 6.07) is 5.78. The summed E-state index contributed by atoms with van der Waals surface area (Å²) in [5.74, 6) is 1.95. The van der Waals surface area contributed by atoms with Gasteiger partial charge in [0.25, 0.3) is 0 Å². The van der Waals surface area contributed by atoms with Gasteiger partial charge in [0, 0.05) is 5.92 Å². The zero-order chi connectivity index (χ0) is 12.1. The molecule has 90 valence electrons. The molecule has 0 aliphatic heterocycles. The third kappa shape index (κ3) is 2.67. The van der Waals surface area contributed by atoms with Crippen LogP contribution in [0.2, 0.25) is 0 Å². The Morgan fingerprint density at radius 2 is 1.75 bits per heavy atom. The Balaban J connectivity index is 3.06. The number of aliphatic hydroxyl groups is 1. The number of hydrogen-bond donors (Lipinski definition) is 1. The second-order valence-electron chi connectivity index (χ2n) is 4.15. The summed E-state index contributed by atoms with van der Waals surface area (Å²) >= 11 is 0. The molecule has 0 amide bonds. The fourth-order valence-electron chi connectivity index (χ4n) is 1.78. The summed E-state index contributed by atoms with van der Waals surface area (Å²) in [5.41, 5.74) is 1.08. The highest BCUT2D eigenvalue weighted by atomic mass is 16.5. The zero-order valence-corrected chi connectivity index (χ0v) is 10.4. The van der Waals surface area contributed by atoms with Crippen molar-refractivity contribution in [3.63, 3.8) is 0 Å². The van der Waals surface area contributed by atoms with Gasteiger partial charge in [0.05, 0.1) is 20.8 Å². The van der Waals surface area contributed by atoms with Gasteiger partial charge in [-0.15, -0.1) is 0 Å². The highest BCUT2D eigenvalue weighted by molar-refractivity contribution is 5.44.